The molecule has 4 aromatic rings. The zero-order valence-corrected chi connectivity index (χ0v) is 21.1. The van der Waals surface area contributed by atoms with Crippen molar-refractivity contribution in [3.8, 4) is 5.69 Å². The summed E-state index contributed by atoms with van der Waals surface area (Å²) in [5, 5.41) is 16.2. The number of urea groups is 1. The average Bonchev–Trinajstić information content (AvgIpc) is 3.23. The Morgan fingerprint density at radius 3 is 2.44 bits per heavy atom. The molecule has 10 heteroatoms. The third-order valence-electron chi connectivity index (χ3n) is 4.93. The third-order valence-corrected chi connectivity index (χ3v) is 6.80. The Labute approximate surface area is 216 Å². The largest absolute Gasteiger partial charge is 0.331 e. The van der Waals surface area contributed by atoms with Gasteiger partial charge in [0, 0.05) is 10.8 Å². The van der Waals surface area contributed by atoms with E-state index in [1.807, 2.05) is 47.9 Å². The molecule has 0 radical (unpaired) electrons. The molecule has 0 bridgehead atoms. The molecule has 34 heavy (non-hydrogen) atoms. The van der Waals surface area contributed by atoms with Crippen molar-refractivity contribution in [3.05, 3.63) is 98.7 Å². The molecule has 2 amide bonds. The van der Waals surface area contributed by atoms with Gasteiger partial charge in [0.05, 0.1) is 28.0 Å². The smallest absolute Gasteiger partial charge is 0.319 e. The summed E-state index contributed by atoms with van der Waals surface area (Å²) in [6.07, 6.45) is 0. The molecule has 2 N–H and O–H groups in total. The van der Waals surface area contributed by atoms with E-state index in [9.17, 15) is 4.79 Å². The van der Waals surface area contributed by atoms with Crippen LogP contribution in [0, 0.1) is 6.92 Å². The summed E-state index contributed by atoms with van der Waals surface area (Å²) in [6, 6.07) is 20.3. The van der Waals surface area contributed by atoms with Crippen LogP contribution in [-0.2, 0) is 12.3 Å². The number of halogens is 3. The average molecular weight is 533 g/mol. The third kappa shape index (κ3) is 5.85. The van der Waals surface area contributed by atoms with E-state index in [0.717, 1.165) is 17.0 Å². The van der Waals surface area contributed by atoms with Crippen LogP contribution in [0.25, 0.3) is 5.69 Å². The molecular formula is C24H20Cl3N5OS. The number of thioether (sulfide) groups is 1. The Kier molecular flexibility index (Phi) is 8.00. The van der Waals surface area contributed by atoms with Gasteiger partial charge in [0.1, 0.15) is 0 Å². The van der Waals surface area contributed by atoms with Gasteiger partial charge < -0.3 is 10.6 Å². The standard InChI is InChI=1S/C24H20Cl3N5OS/c1-15-10-11-17(25)12-20(15)32-21(30-31-24(32)34-14-16-6-3-2-4-7-16)13-28-23(33)29-22-18(26)8-5-9-19(22)27/h2-12H,13-14H2,1H3,(H2,28,29,33). The molecule has 3 aromatic carbocycles. The Balaban J connectivity index is 1.57. The second kappa shape index (κ2) is 11.1. The van der Waals surface area contributed by atoms with Crippen molar-refractivity contribution in [2.24, 2.45) is 0 Å². The monoisotopic (exact) mass is 531 g/mol. The van der Waals surface area contributed by atoms with Gasteiger partial charge in [0.2, 0.25) is 0 Å². The first-order chi connectivity index (χ1) is 16.4. The molecule has 0 fully saturated rings. The second-order valence-electron chi connectivity index (χ2n) is 7.34. The quantitative estimate of drug-likeness (QED) is 0.248. The molecule has 1 aromatic heterocycles. The second-order valence-corrected chi connectivity index (χ2v) is 9.54. The van der Waals surface area contributed by atoms with Crippen LogP contribution in [0.2, 0.25) is 15.1 Å². The minimum atomic E-state index is -0.467. The van der Waals surface area contributed by atoms with Gasteiger partial charge in [0.25, 0.3) is 0 Å². The number of carbonyl (C=O) groups excluding carboxylic acids is 1. The lowest BCUT2D eigenvalue weighted by molar-refractivity contribution is 0.251. The molecule has 0 aliphatic rings. The fourth-order valence-electron chi connectivity index (χ4n) is 3.23. The number of nitrogens with zero attached hydrogens (tertiary/aromatic N) is 3. The number of aryl methyl sites for hydroxylation is 1. The van der Waals surface area contributed by atoms with Gasteiger partial charge in [-0.2, -0.15) is 0 Å². The number of carbonyl (C=O) groups is 1. The van der Waals surface area contributed by atoms with E-state index in [1.54, 1.807) is 30.0 Å². The van der Waals surface area contributed by atoms with Gasteiger partial charge >= 0.3 is 6.03 Å². The molecule has 0 spiro atoms. The highest BCUT2D eigenvalue weighted by molar-refractivity contribution is 7.98. The fraction of sp³-hybridized carbons (Fsp3) is 0.125. The Hall–Kier alpha value is -2.71. The van der Waals surface area contributed by atoms with E-state index >= 15 is 0 Å². The van der Waals surface area contributed by atoms with Crippen molar-refractivity contribution in [1.29, 1.82) is 0 Å². The number of nitrogens with one attached hydrogen (secondary N) is 2. The van der Waals surface area contributed by atoms with E-state index < -0.39 is 6.03 Å². The zero-order chi connectivity index (χ0) is 24.1. The van der Waals surface area contributed by atoms with E-state index in [0.29, 0.717) is 31.7 Å². The Bertz CT molecular complexity index is 1290. The van der Waals surface area contributed by atoms with Crippen LogP contribution in [0.1, 0.15) is 17.0 Å². The maximum absolute atomic E-state index is 12.6. The summed E-state index contributed by atoms with van der Waals surface area (Å²) < 4.78 is 1.91. The topological polar surface area (TPSA) is 71.8 Å². The van der Waals surface area contributed by atoms with Crippen LogP contribution in [0.4, 0.5) is 10.5 Å². The number of benzene rings is 3. The molecule has 0 atom stereocenters. The van der Waals surface area contributed by atoms with Gasteiger partial charge in [-0.25, -0.2) is 4.79 Å². The normalized spacial score (nSPS) is 10.8. The number of hydrogen-bond acceptors (Lipinski definition) is 4. The number of amides is 2. The maximum Gasteiger partial charge on any atom is 0.319 e. The summed E-state index contributed by atoms with van der Waals surface area (Å²) in [5.74, 6) is 1.28. The van der Waals surface area contributed by atoms with Crippen molar-refractivity contribution < 1.29 is 4.79 Å². The van der Waals surface area contributed by atoms with Crippen molar-refractivity contribution >= 4 is 58.3 Å². The molecule has 0 saturated carbocycles. The maximum atomic E-state index is 12.6. The van der Waals surface area contributed by atoms with Crippen molar-refractivity contribution in [2.75, 3.05) is 5.32 Å². The van der Waals surface area contributed by atoms with Crippen LogP contribution < -0.4 is 10.6 Å². The molecule has 0 aliphatic heterocycles. The molecule has 0 saturated heterocycles. The molecule has 0 aliphatic carbocycles. The van der Waals surface area contributed by atoms with E-state index in [-0.39, 0.29) is 6.54 Å². The summed E-state index contributed by atoms with van der Waals surface area (Å²) in [5.41, 5.74) is 3.36. The number of aromatic nitrogens is 3. The highest BCUT2D eigenvalue weighted by Crippen LogP contribution is 2.30. The van der Waals surface area contributed by atoms with Crippen LogP contribution in [0.5, 0.6) is 0 Å². The van der Waals surface area contributed by atoms with Crippen molar-refractivity contribution in [3.63, 3.8) is 0 Å². The predicted molar refractivity (Wildman–Crippen MR) is 139 cm³/mol. The highest BCUT2D eigenvalue weighted by Gasteiger charge is 2.18. The summed E-state index contributed by atoms with van der Waals surface area (Å²) >= 11 is 20.1. The number of para-hydroxylation sites is 1. The predicted octanol–water partition coefficient (Wildman–Crippen LogP) is 7.15. The van der Waals surface area contributed by atoms with Gasteiger partial charge in [-0.15, -0.1) is 10.2 Å². The van der Waals surface area contributed by atoms with Gasteiger partial charge in [-0.3, -0.25) is 4.57 Å². The van der Waals surface area contributed by atoms with Crippen LogP contribution in [-0.4, -0.2) is 20.8 Å². The van der Waals surface area contributed by atoms with Gasteiger partial charge in [-0.05, 0) is 42.3 Å². The SMILES string of the molecule is Cc1ccc(Cl)cc1-n1c(CNC(=O)Nc2c(Cl)cccc2Cl)nnc1SCc1ccccc1. The van der Waals surface area contributed by atoms with Gasteiger partial charge in [-0.1, -0.05) is 89.0 Å². The summed E-state index contributed by atoms with van der Waals surface area (Å²) in [4.78, 5) is 12.6. The Morgan fingerprint density at radius 2 is 1.71 bits per heavy atom. The summed E-state index contributed by atoms with van der Waals surface area (Å²) in [6.45, 7) is 2.11. The first-order valence-corrected chi connectivity index (χ1v) is 12.4. The molecule has 174 valence electrons. The lowest BCUT2D eigenvalue weighted by Crippen LogP contribution is -2.29. The molecule has 6 nitrogen and oxygen atoms in total. The molecule has 0 unspecified atom stereocenters. The summed E-state index contributed by atoms with van der Waals surface area (Å²) in [7, 11) is 0. The zero-order valence-electron chi connectivity index (χ0n) is 18.1. The number of rotatable bonds is 7. The minimum Gasteiger partial charge on any atom is -0.331 e. The molecule has 4 rings (SSSR count). The Morgan fingerprint density at radius 1 is 0.971 bits per heavy atom. The fourth-order valence-corrected chi connectivity index (χ4v) is 4.81. The van der Waals surface area contributed by atoms with Crippen LogP contribution in [0.3, 0.4) is 0 Å². The molecular weight excluding hydrogens is 513 g/mol. The first kappa shape index (κ1) is 24.4. The van der Waals surface area contributed by atoms with E-state index in [2.05, 4.69) is 33.0 Å². The lowest BCUT2D eigenvalue weighted by atomic mass is 10.2. The van der Waals surface area contributed by atoms with Crippen molar-refractivity contribution in [2.45, 2.75) is 24.4 Å². The van der Waals surface area contributed by atoms with E-state index in [4.69, 9.17) is 34.8 Å². The van der Waals surface area contributed by atoms with Crippen molar-refractivity contribution in [1.82, 2.24) is 20.1 Å². The van der Waals surface area contributed by atoms with Crippen LogP contribution in [0.15, 0.2) is 71.9 Å². The molecule has 1 heterocycles. The van der Waals surface area contributed by atoms with E-state index in [1.165, 1.54) is 5.56 Å². The minimum absolute atomic E-state index is 0.124. The first-order valence-electron chi connectivity index (χ1n) is 10.3. The van der Waals surface area contributed by atoms with Crippen LogP contribution >= 0.6 is 46.6 Å². The lowest BCUT2D eigenvalue weighted by Gasteiger charge is -2.14. The highest BCUT2D eigenvalue weighted by atomic mass is 35.5. The number of anilines is 1. The number of hydrogen-bond donors (Lipinski definition) is 2. The van der Waals surface area contributed by atoms with Gasteiger partial charge in [0.15, 0.2) is 11.0 Å².